The molecule has 0 radical (unpaired) electrons. The number of primary amides is 1. The van der Waals surface area contributed by atoms with E-state index in [-0.39, 0.29) is 28.7 Å². The van der Waals surface area contributed by atoms with Gasteiger partial charge in [-0.15, -0.1) is 12.4 Å². The first-order valence-electron chi connectivity index (χ1n) is 3.55. The summed E-state index contributed by atoms with van der Waals surface area (Å²) in [7, 11) is 3.54. The quantitative estimate of drug-likeness (QED) is 0.654. The fraction of sp³-hybridized carbons (Fsp3) is 0.500. The van der Waals surface area contributed by atoms with Crippen LogP contribution in [0.4, 0.5) is 0 Å². The molecule has 0 atom stereocenters. The van der Waals surface area contributed by atoms with Gasteiger partial charge in [-0.3, -0.25) is 9.42 Å². The van der Waals surface area contributed by atoms with E-state index in [2.05, 4.69) is 9.79 Å². The standard InChI is InChI=1S/C6H10N4O3.ClH/c1-9(2)3-4-5(6(7)11)10(12)13-8-4;/h3H2,1-2H3,(H2,7,11);1H. The van der Waals surface area contributed by atoms with Crippen molar-refractivity contribution >= 4 is 18.3 Å². The second kappa shape index (κ2) is 4.77. The van der Waals surface area contributed by atoms with Gasteiger partial charge in [0.2, 0.25) is 5.69 Å². The van der Waals surface area contributed by atoms with Gasteiger partial charge in [-0.25, -0.2) is 0 Å². The lowest BCUT2D eigenvalue weighted by Crippen LogP contribution is -2.35. The van der Waals surface area contributed by atoms with Crippen LogP contribution in [0.15, 0.2) is 4.63 Å². The van der Waals surface area contributed by atoms with E-state index in [1.165, 1.54) is 0 Å². The highest BCUT2D eigenvalue weighted by molar-refractivity contribution is 5.90. The third kappa shape index (κ3) is 2.57. The largest absolute Gasteiger partial charge is 0.362 e. The lowest BCUT2D eigenvalue weighted by molar-refractivity contribution is -0.803. The highest BCUT2D eigenvalue weighted by atomic mass is 35.5. The van der Waals surface area contributed by atoms with Crippen LogP contribution in [0.1, 0.15) is 16.2 Å². The van der Waals surface area contributed by atoms with Crippen molar-refractivity contribution in [3.05, 3.63) is 16.6 Å². The first-order chi connectivity index (χ1) is 6.02. The molecule has 14 heavy (non-hydrogen) atoms. The number of carbonyl (C=O) groups excluding carboxylic acids is 1. The number of carbonyl (C=O) groups is 1. The Kier molecular flexibility index (Phi) is 4.32. The van der Waals surface area contributed by atoms with E-state index in [9.17, 15) is 10.0 Å². The Bertz CT molecular complexity index is 325. The van der Waals surface area contributed by atoms with Crippen molar-refractivity contribution < 1.29 is 14.3 Å². The molecule has 0 unspecified atom stereocenters. The van der Waals surface area contributed by atoms with E-state index >= 15 is 0 Å². The Labute approximate surface area is 86.4 Å². The number of hydrogen-bond acceptors (Lipinski definition) is 5. The molecule has 0 fully saturated rings. The molecule has 0 aliphatic rings. The van der Waals surface area contributed by atoms with E-state index in [4.69, 9.17) is 5.73 Å². The van der Waals surface area contributed by atoms with Gasteiger partial charge in [0.1, 0.15) is 0 Å². The summed E-state index contributed by atoms with van der Waals surface area (Å²) in [5.74, 6) is -0.840. The van der Waals surface area contributed by atoms with Crippen molar-refractivity contribution in [1.82, 2.24) is 10.1 Å². The topological polar surface area (TPSA) is 99.3 Å². The smallest absolute Gasteiger partial charge is 0.297 e. The van der Waals surface area contributed by atoms with Crippen LogP contribution in [0, 0.1) is 5.21 Å². The minimum atomic E-state index is -0.840. The summed E-state index contributed by atoms with van der Waals surface area (Å²) in [6.45, 7) is 0.330. The number of halogens is 1. The molecule has 1 aromatic rings. The Morgan fingerprint density at radius 1 is 1.71 bits per heavy atom. The van der Waals surface area contributed by atoms with Gasteiger partial charge in [0, 0.05) is 5.16 Å². The monoisotopic (exact) mass is 222 g/mol. The molecule has 0 saturated carbocycles. The molecule has 8 heteroatoms. The molecule has 7 nitrogen and oxygen atoms in total. The number of aromatic nitrogens is 2. The molecule has 0 spiro atoms. The predicted molar refractivity (Wildman–Crippen MR) is 48.6 cm³/mol. The SMILES string of the molecule is CN(C)Cc1no[n+]([O-])c1C(N)=O.Cl. The van der Waals surface area contributed by atoms with E-state index in [0.717, 1.165) is 0 Å². The average Bonchev–Trinajstić information content (AvgIpc) is 2.30. The lowest BCUT2D eigenvalue weighted by atomic mass is 10.3. The van der Waals surface area contributed by atoms with Crippen molar-refractivity contribution in [3.8, 4) is 0 Å². The maximum absolute atomic E-state index is 10.8. The van der Waals surface area contributed by atoms with Crippen molar-refractivity contribution in [2.24, 2.45) is 5.73 Å². The average molecular weight is 223 g/mol. The van der Waals surface area contributed by atoms with E-state index in [1.54, 1.807) is 19.0 Å². The second-order valence-corrected chi connectivity index (χ2v) is 2.83. The van der Waals surface area contributed by atoms with Crippen molar-refractivity contribution in [2.75, 3.05) is 14.1 Å². The summed E-state index contributed by atoms with van der Waals surface area (Å²) >= 11 is 0. The van der Waals surface area contributed by atoms with Crippen LogP contribution >= 0.6 is 12.4 Å². The number of nitrogens with two attached hydrogens (primary N) is 1. The summed E-state index contributed by atoms with van der Waals surface area (Å²) in [6.07, 6.45) is 0. The van der Waals surface area contributed by atoms with Crippen molar-refractivity contribution in [3.63, 3.8) is 0 Å². The minimum Gasteiger partial charge on any atom is -0.362 e. The van der Waals surface area contributed by atoms with Gasteiger partial charge in [-0.2, -0.15) is 0 Å². The molecule has 1 aromatic heterocycles. The van der Waals surface area contributed by atoms with E-state index < -0.39 is 5.91 Å². The Morgan fingerprint density at radius 3 is 2.71 bits per heavy atom. The summed E-state index contributed by atoms with van der Waals surface area (Å²) in [5, 5.41) is 14.2. The molecular formula is C6H11ClN4O3. The summed E-state index contributed by atoms with van der Waals surface area (Å²) in [4.78, 5) is 12.5. The van der Waals surface area contributed by atoms with Crippen LogP contribution in [-0.2, 0) is 6.54 Å². The first-order valence-corrected chi connectivity index (χ1v) is 3.55. The third-order valence-corrected chi connectivity index (χ3v) is 1.38. The summed E-state index contributed by atoms with van der Waals surface area (Å²) in [6, 6.07) is 0. The maximum Gasteiger partial charge on any atom is 0.297 e. The van der Waals surface area contributed by atoms with Gasteiger partial charge >= 0.3 is 0 Å². The zero-order valence-electron chi connectivity index (χ0n) is 7.76. The molecule has 2 N–H and O–H groups in total. The maximum atomic E-state index is 10.8. The molecular weight excluding hydrogens is 212 g/mol. The lowest BCUT2D eigenvalue weighted by Gasteiger charge is -2.03. The zero-order chi connectivity index (χ0) is 10.0. The molecule has 80 valence electrons. The Morgan fingerprint density at radius 2 is 2.29 bits per heavy atom. The number of nitrogens with zero attached hydrogens (tertiary/aromatic N) is 3. The van der Waals surface area contributed by atoms with Crippen LogP contribution in [0.2, 0.25) is 0 Å². The molecule has 0 aliphatic carbocycles. The molecule has 1 heterocycles. The fourth-order valence-electron chi connectivity index (χ4n) is 0.911. The molecule has 1 amide bonds. The van der Waals surface area contributed by atoms with E-state index in [1.807, 2.05) is 0 Å². The van der Waals surface area contributed by atoms with Crippen LogP contribution in [0.25, 0.3) is 0 Å². The molecule has 0 aliphatic heterocycles. The number of amides is 1. The number of rotatable bonds is 3. The van der Waals surface area contributed by atoms with Crippen LogP contribution in [0.5, 0.6) is 0 Å². The summed E-state index contributed by atoms with van der Waals surface area (Å²) < 4.78 is 4.24. The van der Waals surface area contributed by atoms with Crippen molar-refractivity contribution in [2.45, 2.75) is 6.54 Å². The highest BCUT2D eigenvalue weighted by Crippen LogP contribution is 2.01. The fourth-order valence-corrected chi connectivity index (χ4v) is 0.911. The third-order valence-electron chi connectivity index (χ3n) is 1.38. The van der Waals surface area contributed by atoms with Gasteiger partial charge in [0.15, 0.2) is 0 Å². The second-order valence-electron chi connectivity index (χ2n) is 2.83. The Hall–Kier alpha value is -1.34. The number of hydrogen-bond donors (Lipinski definition) is 1. The van der Waals surface area contributed by atoms with Gasteiger partial charge in [-0.05, 0) is 19.0 Å². The van der Waals surface area contributed by atoms with Crippen LogP contribution in [-0.4, -0.2) is 30.1 Å². The van der Waals surface area contributed by atoms with E-state index in [0.29, 0.717) is 6.54 Å². The molecule has 0 aromatic carbocycles. The normalized spacial score (nSPS) is 9.93. The summed E-state index contributed by atoms with van der Waals surface area (Å²) in [5.41, 5.74) is 4.96. The van der Waals surface area contributed by atoms with Crippen LogP contribution in [0.3, 0.4) is 0 Å². The first kappa shape index (κ1) is 12.7. The zero-order valence-corrected chi connectivity index (χ0v) is 8.58. The van der Waals surface area contributed by atoms with Gasteiger partial charge < -0.3 is 15.8 Å². The molecule has 0 bridgehead atoms. The Balaban J connectivity index is 0.00000169. The van der Waals surface area contributed by atoms with Gasteiger partial charge in [0.25, 0.3) is 11.6 Å². The minimum absolute atomic E-state index is 0. The van der Waals surface area contributed by atoms with Gasteiger partial charge in [0.05, 0.1) is 6.54 Å². The highest BCUT2D eigenvalue weighted by Gasteiger charge is 2.24. The van der Waals surface area contributed by atoms with Gasteiger partial charge in [-0.1, -0.05) is 0 Å². The molecule has 1 rings (SSSR count). The van der Waals surface area contributed by atoms with Crippen LogP contribution < -0.4 is 10.6 Å². The van der Waals surface area contributed by atoms with Crippen molar-refractivity contribution in [1.29, 1.82) is 0 Å². The predicted octanol–water partition coefficient (Wildman–Crippen LogP) is -1.11. The molecule has 0 saturated heterocycles.